The van der Waals surface area contributed by atoms with E-state index < -0.39 is 22.7 Å². The molecule has 2 N–H and O–H groups in total. The molecule has 2 amide bonds. The Kier molecular flexibility index (Phi) is 6.88. The molecule has 0 saturated heterocycles. The van der Waals surface area contributed by atoms with Crippen LogP contribution in [-0.2, 0) is 4.74 Å². The minimum absolute atomic E-state index is 0.0345. The number of anilines is 2. The van der Waals surface area contributed by atoms with Crippen LogP contribution in [0.25, 0.3) is 0 Å². The van der Waals surface area contributed by atoms with Gasteiger partial charge in [0.2, 0.25) is 0 Å². The standard InChI is InChI=1S/C23H21N3O6S/c1-12-8-13(2)10-16(9-12)24-21(28)19-14(3)18(23(29)32-4)22(33-19)25-20(27)15-6-5-7-17(11-15)26(30)31/h5-11H,1-4H3,(H,24,28)(H,25,27). The van der Waals surface area contributed by atoms with Gasteiger partial charge >= 0.3 is 5.97 Å². The van der Waals surface area contributed by atoms with Crippen molar-refractivity contribution in [2.45, 2.75) is 20.8 Å². The lowest BCUT2D eigenvalue weighted by molar-refractivity contribution is -0.384. The Morgan fingerprint density at radius 1 is 0.970 bits per heavy atom. The monoisotopic (exact) mass is 467 g/mol. The van der Waals surface area contributed by atoms with Crippen molar-refractivity contribution in [3.63, 3.8) is 0 Å². The molecule has 10 heteroatoms. The SMILES string of the molecule is COC(=O)c1c(NC(=O)c2cccc([N+](=O)[O-])c2)sc(C(=O)Nc2cc(C)cc(C)c2)c1C. The smallest absolute Gasteiger partial charge is 0.341 e. The number of hydrogen-bond acceptors (Lipinski definition) is 7. The summed E-state index contributed by atoms with van der Waals surface area (Å²) in [4.78, 5) is 48.7. The highest BCUT2D eigenvalue weighted by molar-refractivity contribution is 7.19. The molecule has 33 heavy (non-hydrogen) atoms. The Morgan fingerprint density at radius 3 is 2.24 bits per heavy atom. The van der Waals surface area contributed by atoms with E-state index in [0.717, 1.165) is 28.5 Å². The zero-order valence-electron chi connectivity index (χ0n) is 18.3. The van der Waals surface area contributed by atoms with Gasteiger partial charge in [0.05, 0.1) is 22.5 Å². The maximum atomic E-state index is 13.0. The molecule has 170 valence electrons. The minimum Gasteiger partial charge on any atom is -0.465 e. The first kappa shape index (κ1) is 23.6. The van der Waals surface area contributed by atoms with Crippen LogP contribution >= 0.6 is 11.3 Å². The number of carbonyl (C=O) groups is 3. The average molecular weight is 468 g/mol. The van der Waals surface area contributed by atoms with E-state index in [2.05, 4.69) is 10.6 Å². The van der Waals surface area contributed by atoms with Crippen molar-refractivity contribution >= 4 is 45.5 Å². The summed E-state index contributed by atoms with van der Waals surface area (Å²) in [7, 11) is 1.20. The average Bonchev–Trinajstić information content (AvgIpc) is 3.08. The number of esters is 1. The van der Waals surface area contributed by atoms with Crippen molar-refractivity contribution in [2.75, 3.05) is 17.7 Å². The second-order valence-electron chi connectivity index (χ2n) is 7.34. The second-order valence-corrected chi connectivity index (χ2v) is 8.36. The van der Waals surface area contributed by atoms with Gasteiger partial charge in [-0.15, -0.1) is 11.3 Å². The van der Waals surface area contributed by atoms with Crippen molar-refractivity contribution in [3.05, 3.63) is 85.3 Å². The number of non-ortho nitro benzene ring substituents is 1. The van der Waals surface area contributed by atoms with Crippen LogP contribution < -0.4 is 10.6 Å². The number of rotatable bonds is 6. The summed E-state index contributed by atoms with van der Waals surface area (Å²) < 4.78 is 4.83. The van der Waals surface area contributed by atoms with E-state index in [9.17, 15) is 24.5 Å². The highest BCUT2D eigenvalue weighted by Gasteiger charge is 2.27. The lowest BCUT2D eigenvalue weighted by atomic mass is 10.1. The largest absolute Gasteiger partial charge is 0.465 e. The van der Waals surface area contributed by atoms with Crippen molar-refractivity contribution in [2.24, 2.45) is 0 Å². The summed E-state index contributed by atoms with van der Waals surface area (Å²) in [6, 6.07) is 10.8. The minimum atomic E-state index is -0.719. The fourth-order valence-electron chi connectivity index (χ4n) is 3.34. The summed E-state index contributed by atoms with van der Waals surface area (Å²) in [5.41, 5.74) is 2.75. The number of hydrogen-bond donors (Lipinski definition) is 2. The number of benzene rings is 2. The molecule has 0 atom stereocenters. The summed E-state index contributed by atoms with van der Waals surface area (Å²) >= 11 is 0.920. The molecule has 0 aliphatic rings. The van der Waals surface area contributed by atoms with Crippen LogP contribution in [-0.4, -0.2) is 29.8 Å². The van der Waals surface area contributed by atoms with E-state index in [1.165, 1.54) is 25.3 Å². The first-order chi connectivity index (χ1) is 15.6. The second kappa shape index (κ2) is 9.61. The predicted octanol–water partition coefficient (Wildman–Crippen LogP) is 4.87. The number of methoxy groups -OCH3 is 1. The Morgan fingerprint density at radius 2 is 1.64 bits per heavy atom. The number of nitro groups is 1. The lowest BCUT2D eigenvalue weighted by Crippen LogP contribution is -2.14. The van der Waals surface area contributed by atoms with Gasteiger partial charge in [-0.1, -0.05) is 12.1 Å². The fourth-order valence-corrected chi connectivity index (χ4v) is 4.42. The van der Waals surface area contributed by atoms with E-state index in [4.69, 9.17) is 4.74 Å². The Hall–Kier alpha value is -4.05. The molecular formula is C23H21N3O6S. The van der Waals surface area contributed by atoms with Crippen molar-refractivity contribution in [3.8, 4) is 0 Å². The van der Waals surface area contributed by atoms with Gasteiger partial charge in [-0.05, 0) is 55.7 Å². The molecule has 3 rings (SSSR count). The third-order valence-corrected chi connectivity index (χ3v) is 5.97. The number of ether oxygens (including phenoxy) is 1. The van der Waals surface area contributed by atoms with Crippen LogP contribution in [0.5, 0.6) is 0 Å². The van der Waals surface area contributed by atoms with Gasteiger partial charge in [0.15, 0.2) is 0 Å². The fraction of sp³-hybridized carbons (Fsp3) is 0.174. The molecule has 0 spiro atoms. The van der Waals surface area contributed by atoms with E-state index in [1.807, 2.05) is 32.0 Å². The molecule has 2 aromatic carbocycles. The molecule has 0 aliphatic carbocycles. The van der Waals surface area contributed by atoms with Crippen LogP contribution in [0.2, 0.25) is 0 Å². The quantitative estimate of drug-likeness (QED) is 0.302. The maximum absolute atomic E-state index is 13.0. The maximum Gasteiger partial charge on any atom is 0.341 e. The number of aryl methyl sites for hydroxylation is 2. The topological polar surface area (TPSA) is 128 Å². The highest BCUT2D eigenvalue weighted by Crippen LogP contribution is 2.35. The Bertz CT molecular complexity index is 1260. The van der Waals surface area contributed by atoms with Crippen molar-refractivity contribution in [1.82, 2.24) is 0 Å². The molecule has 0 unspecified atom stereocenters. The van der Waals surface area contributed by atoms with Crippen LogP contribution in [0.4, 0.5) is 16.4 Å². The molecule has 3 aromatic rings. The molecule has 0 aliphatic heterocycles. The third-order valence-electron chi connectivity index (χ3n) is 4.77. The number of amides is 2. The molecule has 1 aromatic heterocycles. The van der Waals surface area contributed by atoms with Crippen LogP contribution in [0.3, 0.4) is 0 Å². The molecular weight excluding hydrogens is 446 g/mol. The van der Waals surface area contributed by atoms with E-state index in [-0.39, 0.29) is 26.7 Å². The van der Waals surface area contributed by atoms with E-state index in [0.29, 0.717) is 11.3 Å². The van der Waals surface area contributed by atoms with Crippen LogP contribution in [0.1, 0.15) is 47.1 Å². The number of nitrogens with one attached hydrogen (secondary N) is 2. The van der Waals surface area contributed by atoms with E-state index in [1.54, 1.807) is 6.92 Å². The Balaban J connectivity index is 1.95. The normalized spacial score (nSPS) is 10.4. The Labute approximate surface area is 193 Å². The summed E-state index contributed by atoms with van der Waals surface area (Å²) in [5.74, 6) is -1.82. The summed E-state index contributed by atoms with van der Waals surface area (Å²) in [5, 5.41) is 16.5. The predicted molar refractivity (Wildman–Crippen MR) is 125 cm³/mol. The van der Waals surface area contributed by atoms with Gasteiger partial charge in [0, 0.05) is 23.4 Å². The molecule has 0 bridgehead atoms. The first-order valence-corrected chi connectivity index (χ1v) is 10.6. The van der Waals surface area contributed by atoms with Crippen LogP contribution in [0.15, 0.2) is 42.5 Å². The summed E-state index contributed by atoms with van der Waals surface area (Å²) in [6.45, 7) is 5.41. The van der Waals surface area contributed by atoms with Gasteiger partial charge in [-0.25, -0.2) is 4.79 Å². The van der Waals surface area contributed by atoms with Crippen molar-refractivity contribution < 1.29 is 24.0 Å². The zero-order chi connectivity index (χ0) is 24.3. The molecule has 1 heterocycles. The molecule has 0 fully saturated rings. The van der Waals surface area contributed by atoms with Gasteiger partial charge in [0.1, 0.15) is 5.00 Å². The number of thiophene rings is 1. The highest BCUT2D eigenvalue weighted by atomic mass is 32.1. The number of carbonyl (C=O) groups excluding carboxylic acids is 3. The lowest BCUT2D eigenvalue weighted by Gasteiger charge is -2.07. The van der Waals surface area contributed by atoms with Crippen molar-refractivity contribution in [1.29, 1.82) is 0 Å². The van der Waals surface area contributed by atoms with Gasteiger partial charge < -0.3 is 15.4 Å². The zero-order valence-corrected chi connectivity index (χ0v) is 19.2. The van der Waals surface area contributed by atoms with E-state index >= 15 is 0 Å². The third kappa shape index (κ3) is 5.24. The number of nitro benzene ring substituents is 1. The first-order valence-electron chi connectivity index (χ1n) is 9.78. The summed E-state index contributed by atoms with van der Waals surface area (Å²) in [6.07, 6.45) is 0. The van der Waals surface area contributed by atoms with Gasteiger partial charge in [0.25, 0.3) is 17.5 Å². The number of nitrogens with zero attached hydrogens (tertiary/aromatic N) is 1. The van der Waals surface area contributed by atoms with Gasteiger partial charge in [-0.2, -0.15) is 0 Å². The van der Waals surface area contributed by atoms with Crippen LogP contribution in [0, 0.1) is 30.9 Å². The molecule has 0 radical (unpaired) electrons. The molecule has 0 saturated carbocycles. The molecule has 9 nitrogen and oxygen atoms in total. The van der Waals surface area contributed by atoms with Gasteiger partial charge in [-0.3, -0.25) is 19.7 Å².